The fourth-order valence-corrected chi connectivity index (χ4v) is 2.49. The third kappa shape index (κ3) is 3.17. The van der Waals surface area contributed by atoms with Crippen molar-refractivity contribution >= 4 is 27.4 Å². The Morgan fingerprint density at radius 1 is 0.955 bits per heavy atom. The van der Waals surface area contributed by atoms with E-state index in [4.69, 9.17) is 0 Å². The highest BCUT2D eigenvalue weighted by atomic mass is 79.9. The highest BCUT2D eigenvalue weighted by molar-refractivity contribution is 9.10. The maximum absolute atomic E-state index is 4.56. The predicted molar refractivity (Wildman–Crippen MR) is 90.8 cm³/mol. The van der Waals surface area contributed by atoms with E-state index in [2.05, 4.69) is 36.3 Å². The van der Waals surface area contributed by atoms with E-state index in [1.54, 1.807) is 4.68 Å². The monoisotopic (exact) mass is 357 g/mol. The molecule has 1 N–H and O–H groups in total. The first-order valence-corrected chi connectivity index (χ1v) is 7.72. The number of halogens is 1. The molecule has 0 spiro atoms. The standard InChI is InChI=1S/C16H16BrN5/c1-10-9-15(19-14-6-4-13(17)5-7-14)20-16(18-10)22-12(3)8-11(2)21-22/h4-9H,1-3H3,(H,18,19,20). The molecule has 0 atom stereocenters. The van der Waals surface area contributed by atoms with Crippen LogP contribution in [0.5, 0.6) is 0 Å². The largest absolute Gasteiger partial charge is 0.340 e. The average molecular weight is 358 g/mol. The molecule has 0 fully saturated rings. The van der Waals surface area contributed by atoms with Gasteiger partial charge in [-0.1, -0.05) is 15.9 Å². The van der Waals surface area contributed by atoms with Crippen LogP contribution in [-0.2, 0) is 0 Å². The molecular weight excluding hydrogens is 342 g/mol. The highest BCUT2D eigenvalue weighted by Crippen LogP contribution is 2.19. The van der Waals surface area contributed by atoms with Gasteiger partial charge in [0, 0.05) is 27.6 Å². The smallest absolute Gasteiger partial charge is 0.252 e. The van der Waals surface area contributed by atoms with E-state index in [0.29, 0.717) is 5.95 Å². The van der Waals surface area contributed by atoms with Gasteiger partial charge < -0.3 is 5.32 Å². The van der Waals surface area contributed by atoms with E-state index in [1.165, 1.54) is 0 Å². The van der Waals surface area contributed by atoms with Crippen molar-refractivity contribution in [2.75, 3.05) is 5.32 Å². The van der Waals surface area contributed by atoms with Gasteiger partial charge in [-0.25, -0.2) is 9.67 Å². The topological polar surface area (TPSA) is 55.6 Å². The Hall–Kier alpha value is -2.21. The summed E-state index contributed by atoms with van der Waals surface area (Å²) in [6.07, 6.45) is 0. The molecule has 0 aliphatic heterocycles. The molecule has 3 rings (SSSR count). The lowest BCUT2D eigenvalue weighted by Gasteiger charge is -2.09. The van der Waals surface area contributed by atoms with Gasteiger partial charge in [0.1, 0.15) is 5.82 Å². The molecule has 0 amide bonds. The normalized spacial score (nSPS) is 10.7. The lowest BCUT2D eigenvalue weighted by Crippen LogP contribution is -2.08. The molecule has 3 aromatic rings. The van der Waals surface area contributed by atoms with Crippen molar-refractivity contribution in [1.82, 2.24) is 19.7 Å². The molecule has 5 nitrogen and oxygen atoms in total. The van der Waals surface area contributed by atoms with Crippen molar-refractivity contribution in [3.8, 4) is 5.95 Å². The predicted octanol–water partition coefficient (Wildman–Crippen LogP) is 4.09. The summed E-state index contributed by atoms with van der Waals surface area (Å²) in [5, 5.41) is 7.73. The van der Waals surface area contributed by atoms with Crippen LogP contribution < -0.4 is 5.32 Å². The third-order valence-electron chi connectivity index (χ3n) is 3.16. The van der Waals surface area contributed by atoms with Crippen molar-refractivity contribution in [2.24, 2.45) is 0 Å². The van der Waals surface area contributed by atoms with E-state index >= 15 is 0 Å². The molecule has 0 aliphatic carbocycles. The highest BCUT2D eigenvalue weighted by Gasteiger charge is 2.09. The van der Waals surface area contributed by atoms with Gasteiger partial charge in [-0.15, -0.1) is 0 Å². The number of aryl methyl sites for hydroxylation is 3. The Balaban J connectivity index is 1.96. The second kappa shape index (κ2) is 5.88. The number of benzene rings is 1. The van der Waals surface area contributed by atoms with Crippen molar-refractivity contribution < 1.29 is 0 Å². The Morgan fingerprint density at radius 2 is 1.68 bits per heavy atom. The molecule has 22 heavy (non-hydrogen) atoms. The molecule has 0 bridgehead atoms. The van der Waals surface area contributed by atoms with Crippen LogP contribution in [-0.4, -0.2) is 19.7 Å². The zero-order chi connectivity index (χ0) is 15.7. The van der Waals surface area contributed by atoms with Crippen LogP contribution in [0.15, 0.2) is 40.9 Å². The number of nitrogens with zero attached hydrogens (tertiary/aromatic N) is 4. The summed E-state index contributed by atoms with van der Waals surface area (Å²) in [6, 6.07) is 11.9. The van der Waals surface area contributed by atoms with Crippen LogP contribution in [0.1, 0.15) is 17.1 Å². The van der Waals surface area contributed by atoms with Gasteiger partial charge in [0.05, 0.1) is 5.69 Å². The minimum absolute atomic E-state index is 0.574. The first kappa shape index (κ1) is 14.7. The van der Waals surface area contributed by atoms with Gasteiger partial charge >= 0.3 is 0 Å². The minimum atomic E-state index is 0.574. The van der Waals surface area contributed by atoms with Gasteiger partial charge in [0.25, 0.3) is 5.95 Å². The number of hydrogen-bond acceptors (Lipinski definition) is 4. The van der Waals surface area contributed by atoms with Crippen LogP contribution in [0.25, 0.3) is 5.95 Å². The van der Waals surface area contributed by atoms with Gasteiger partial charge in [-0.3, -0.25) is 0 Å². The van der Waals surface area contributed by atoms with Gasteiger partial charge in [-0.2, -0.15) is 10.1 Å². The summed E-state index contributed by atoms with van der Waals surface area (Å²) >= 11 is 3.43. The van der Waals surface area contributed by atoms with Crippen molar-refractivity contribution in [3.05, 3.63) is 58.0 Å². The van der Waals surface area contributed by atoms with Crippen molar-refractivity contribution in [1.29, 1.82) is 0 Å². The summed E-state index contributed by atoms with van der Waals surface area (Å²) < 4.78 is 2.80. The van der Waals surface area contributed by atoms with E-state index in [0.717, 1.165) is 33.1 Å². The molecule has 0 radical (unpaired) electrons. The van der Waals surface area contributed by atoms with Gasteiger partial charge in [0.15, 0.2) is 0 Å². The van der Waals surface area contributed by atoms with Crippen molar-refractivity contribution in [2.45, 2.75) is 20.8 Å². The molecule has 112 valence electrons. The van der Waals surface area contributed by atoms with E-state index < -0.39 is 0 Å². The lowest BCUT2D eigenvalue weighted by molar-refractivity contribution is 0.770. The Morgan fingerprint density at radius 3 is 2.32 bits per heavy atom. The zero-order valence-corrected chi connectivity index (χ0v) is 14.2. The quantitative estimate of drug-likeness (QED) is 0.766. The Bertz CT molecular complexity index is 808. The number of hydrogen-bond donors (Lipinski definition) is 1. The molecule has 6 heteroatoms. The second-order valence-electron chi connectivity index (χ2n) is 5.17. The molecule has 1 aromatic carbocycles. The summed E-state index contributed by atoms with van der Waals surface area (Å²) in [4.78, 5) is 9.04. The number of nitrogens with one attached hydrogen (secondary N) is 1. The molecule has 0 saturated carbocycles. The van der Waals surface area contributed by atoms with Crippen LogP contribution in [0, 0.1) is 20.8 Å². The summed E-state index contributed by atoms with van der Waals surface area (Å²) in [6.45, 7) is 5.90. The SMILES string of the molecule is Cc1cc(Nc2ccc(Br)cc2)nc(-n2nc(C)cc2C)n1. The fraction of sp³-hybridized carbons (Fsp3) is 0.188. The third-order valence-corrected chi connectivity index (χ3v) is 3.69. The van der Waals surface area contributed by atoms with Crippen LogP contribution in [0.3, 0.4) is 0 Å². The lowest BCUT2D eigenvalue weighted by atomic mass is 10.3. The van der Waals surface area contributed by atoms with E-state index in [1.807, 2.05) is 57.2 Å². The molecule has 0 aliphatic rings. The summed E-state index contributed by atoms with van der Waals surface area (Å²) in [7, 11) is 0. The first-order chi connectivity index (χ1) is 10.5. The molecular formula is C16H16BrN5. The first-order valence-electron chi connectivity index (χ1n) is 6.93. The second-order valence-corrected chi connectivity index (χ2v) is 6.08. The molecule has 2 heterocycles. The van der Waals surface area contributed by atoms with E-state index in [9.17, 15) is 0 Å². The number of rotatable bonds is 3. The van der Waals surface area contributed by atoms with Crippen LogP contribution in [0.2, 0.25) is 0 Å². The molecule has 0 saturated heterocycles. The Labute approximate surface area is 137 Å². The average Bonchev–Trinajstić information content (AvgIpc) is 2.80. The summed E-state index contributed by atoms with van der Waals surface area (Å²) in [5.41, 5.74) is 3.82. The van der Waals surface area contributed by atoms with Crippen LogP contribution in [0.4, 0.5) is 11.5 Å². The maximum Gasteiger partial charge on any atom is 0.252 e. The van der Waals surface area contributed by atoms with Crippen LogP contribution >= 0.6 is 15.9 Å². The zero-order valence-electron chi connectivity index (χ0n) is 12.6. The van der Waals surface area contributed by atoms with Gasteiger partial charge in [-0.05, 0) is 51.1 Å². The maximum atomic E-state index is 4.56. The van der Waals surface area contributed by atoms with E-state index in [-0.39, 0.29) is 0 Å². The number of aromatic nitrogens is 4. The minimum Gasteiger partial charge on any atom is -0.340 e. The van der Waals surface area contributed by atoms with Crippen molar-refractivity contribution in [3.63, 3.8) is 0 Å². The number of anilines is 2. The summed E-state index contributed by atoms with van der Waals surface area (Å²) in [5.74, 6) is 1.32. The molecule has 2 aromatic heterocycles. The Kier molecular flexibility index (Phi) is 3.94. The fourth-order valence-electron chi connectivity index (χ4n) is 2.22. The molecule has 0 unspecified atom stereocenters. The van der Waals surface area contributed by atoms with Gasteiger partial charge in [0.2, 0.25) is 0 Å².